The maximum Gasteiger partial charge on any atom is 0.123 e. The second kappa shape index (κ2) is 7.15. The van der Waals surface area contributed by atoms with Crippen LogP contribution in [0.4, 0.5) is 0 Å². The lowest BCUT2D eigenvalue weighted by Crippen LogP contribution is -2.35. The van der Waals surface area contributed by atoms with Crippen molar-refractivity contribution in [2.45, 2.75) is 6.54 Å². The first-order chi connectivity index (χ1) is 9.33. The van der Waals surface area contributed by atoms with Gasteiger partial charge in [0.25, 0.3) is 0 Å². The summed E-state index contributed by atoms with van der Waals surface area (Å²) in [6.45, 7) is 4.16. The molecule has 0 spiro atoms. The van der Waals surface area contributed by atoms with Crippen LogP contribution >= 0.6 is 0 Å². The molecular formula is C15H19NO3. The van der Waals surface area contributed by atoms with Crippen molar-refractivity contribution in [2.75, 3.05) is 40.0 Å². The summed E-state index contributed by atoms with van der Waals surface area (Å²) < 4.78 is 10.7. The van der Waals surface area contributed by atoms with Crippen molar-refractivity contribution in [3.63, 3.8) is 0 Å². The molecule has 0 atom stereocenters. The fraction of sp³-hybridized carbons (Fsp3) is 0.467. The van der Waals surface area contributed by atoms with Crippen LogP contribution in [0.5, 0.6) is 5.75 Å². The quantitative estimate of drug-likeness (QED) is 0.820. The number of benzene rings is 1. The molecule has 102 valence electrons. The number of aliphatic hydroxyl groups is 1. The minimum Gasteiger partial charge on any atom is -0.496 e. The molecule has 0 unspecified atom stereocenters. The molecule has 1 aliphatic heterocycles. The molecule has 0 saturated carbocycles. The number of rotatable bonds is 3. The number of ether oxygens (including phenoxy) is 2. The standard InChI is InChI=1S/C15H19NO3/c1-18-15-5-4-13(3-2-8-17)11-14(15)12-16-6-9-19-10-7-16/h4-5,11,17H,6-10,12H2,1H3. The van der Waals surface area contributed by atoms with Gasteiger partial charge in [-0.05, 0) is 18.2 Å². The molecule has 1 aromatic carbocycles. The summed E-state index contributed by atoms with van der Waals surface area (Å²) in [4.78, 5) is 2.34. The molecule has 0 amide bonds. The zero-order chi connectivity index (χ0) is 13.5. The minimum absolute atomic E-state index is 0.120. The first-order valence-corrected chi connectivity index (χ1v) is 6.40. The van der Waals surface area contributed by atoms with E-state index in [0.717, 1.165) is 49.7 Å². The van der Waals surface area contributed by atoms with Gasteiger partial charge >= 0.3 is 0 Å². The first-order valence-electron chi connectivity index (χ1n) is 6.40. The molecule has 0 aliphatic carbocycles. The van der Waals surface area contributed by atoms with E-state index in [1.807, 2.05) is 18.2 Å². The van der Waals surface area contributed by atoms with Crippen molar-refractivity contribution >= 4 is 0 Å². The van der Waals surface area contributed by atoms with Crippen molar-refractivity contribution < 1.29 is 14.6 Å². The van der Waals surface area contributed by atoms with Crippen LogP contribution in [-0.4, -0.2) is 50.0 Å². The number of morpholine rings is 1. The molecule has 1 saturated heterocycles. The second-order valence-corrected chi connectivity index (χ2v) is 4.38. The summed E-state index contributed by atoms with van der Waals surface area (Å²) in [5.74, 6) is 6.46. The molecule has 19 heavy (non-hydrogen) atoms. The summed E-state index contributed by atoms with van der Waals surface area (Å²) >= 11 is 0. The Labute approximate surface area is 113 Å². The smallest absolute Gasteiger partial charge is 0.123 e. The van der Waals surface area contributed by atoms with Gasteiger partial charge < -0.3 is 14.6 Å². The van der Waals surface area contributed by atoms with Gasteiger partial charge in [-0.3, -0.25) is 4.90 Å². The van der Waals surface area contributed by atoms with E-state index in [1.165, 1.54) is 0 Å². The Balaban J connectivity index is 2.15. The highest BCUT2D eigenvalue weighted by molar-refractivity contribution is 5.44. The third-order valence-electron chi connectivity index (χ3n) is 3.09. The van der Waals surface area contributed by atoms with Gasteiger partial charge in [-0.15, -0.1) is 0 Å². The fourth-order valence-electron chi connectivity index (χ4n) is 2.12. The van der Waals surface area contributed by atoms with Gasteiger partial charge in [0, 0.05) is 30.8 Å². The number of hydrogen-bond donors (Lipinski definition) is 1. The van der Waals surface area contributed by atoms with E-state index >= 15 is 0 Å². The van der Waals surface area contributed by atoms with Crippen molar-refractivity contribution in [1.82, 2.24) is 4.90 Å². The molecule has 1 aromatic rings. The molecule has 2 rings (SSSR count). The number of nitrogens with zero attached hydrogens (tertiary/aromatic N) is 1. The molecule has 1 N–H and O–H groups in total. The maximum absolute atomic E-state index is 8.74. The maximum atomic E-state index is 8.74. The van der Waals surface area contributed by atoms with E-state index in [-0.39, 0.29) is 6.61 Å². The number of aliphatic hydroxyl groups excluding tert-OH is 1. The Kier molecular flexibility index (Phi) is 5.22. The van der Waals surface area contributed by atoms with E-state index in [0.29, 0.717) is 0 Å². The molecule has 4 heteroatoms. The lowest BCUT2D eigenvalue weighted by Gasteiger charge is -2.27. The van der Waals surface area contributed by atoms with Gasteiger partial charge in [-0.2, -0.15) is 0 Å². The molecule has 1 aliphatic rings. The highest BCUT2D eigenvalue weighted by Crippen LogP contribution is 2.21. The van der Waals surface area contributed by atoms with E-state index < -0.39 is 0 Å². The van der Waals surface area contributed by atoms with E-state index in [2.05, 4.69) is 16.7 Å². The van der Waals surface area contributed by atoms with Gasteiger partial charge in [0.1, 0.15) is 12.4 Å². The van der Waals surface area contributed by atoms with Crippen LogP contribution < -0.4 is 4.74 Å². The SMILES string of the molecule is COc1ccc(C#CCO)cc1CN1CCOCC1. The van der Waals surface area contributed by atoms with Crippen LogP contribution in [0.15, 0.2) is 18.2 Å². The van der Waals surface area contributed by atoms with E-state index in [4.69, 9.17) is 14.6 Å². The summed E-state index contributed by atoms with van der Waals surface area (Å²) in [6, 6.07) is 5.86. The fourth-order valence-corrected chi connectivity index (χ4v) is 2.12. The van der Waals surface area contributed by atoms with Gasteiger partial charge in [0.15, 0.2) is 0 Å². The Morgan fingerprint density at radius 3 is 2.84 bits per heavy atom. The Morgan fingerprint density at radius 2 is 2.16 bits per heavy atom. The first kappa shape index (κ1) is 13.9. The molecular weight excluding hydrogens is 242 g/mol. The average Bonchev–Trinajstić information content (AvgIpc) is 2.46. The van der Waals surface area contributed by atoms with Gasteiger partial charge in [-0.1, -0.05) is 11.8 Å². The van der Waals surface area contributed by atoms with Crippen LogP contribution in [-0.2, 0) is 11.3 Å². The predicted octanol–water partition coefficient (Wildman–Crippen LogP) is 0.871. The van der Waals surface area contributed by atoms with Gasteiger partial charge in [0.05, 0.1) is 20.3 Å². The van der Waals surface area contributed by atoms with Crippen molar-refractivity contribution in [2.24, 2.45) is 0 Å². The molecule has 1 heterocycles. The topological polar surface area (TPSA) is 41.9 Å². The summed E-state index contributed by atoms with van der Waals surface area (Å²) in [6.07, 6.45) is 0. The highest BCUT2D eigenvalue weighted by atomic mass is 16.5. The highest BCUT2D eigenvalue weighted by Gasteiger charge is 2.13. The molecule has 4 nitrogen and oxygen atoms in total. The van der Waals surface area contributed by atoms with Crippen LogP contribution in [0.2, 0.25) is 0 Å². The van der Waals surface area contributed by atoms with E-state index in [1.54, 1.807) is 7.11 Å². The molecule has 0 aromatic heterocycles. The van der Waals surface area contributed by atoms with Gasteiger partial charge in [-0.25, -0.2) is 0 Å². The van der Waals surface area contributed by atoms with Crippen LogP contribution in [0.25, 0.3) is 0 Å². The van der Waals surface area contributed by atoms with E-state index in [9.17, 15) is 0 Å². The molecule has 1 fully saturated rings. The zero-order valence-electron chi connectivity index (χ0n) is 11.2. The Bertz CT molecular complexity index is 470. The van der Waals surface area contributed by atoms with Crippen molar-refractivity contribution in [3.05, 3.63) is 29.3 Å². The third kappa shape index (κ3) is 3.97. The van der Waals surface area contributed by atoms with Crippen LogP contribution in [0, 0.1) is 11.8 Å². The van der Waals surface area contributed by atoms with Crippen LogP contribution in [0.1, 0.15) is 11.1 Å². The predicted molar refractivity (Wildman–Crippen MR) is 73.1 cm³/mol. The lowest BCUT2D eigenvalue weighted by atomic mass is 10.1. The van der Waals surface area contributed by atoms with Crippen molar-refractivity contribution in [1.29, 1.82) is 0 Å². The summed E-state index contributed by atoms with van der Waals surface area (Å²) in [5, 5.41) is 8.74. The number of hydrogen-bond acceptors (Lipinski definition) is 4. The second-order valence-electron chi connectivity index (χ2n) is 4.38. The lowest BCUT2D eigenvalue weighted by molar-refractivity contribution is 0.0339. The summed E-state index contributed by atoms with van der Waals surface area (Å²) in [5.41, 5.74) is 2.02. The zero-order valence-corrected chi connectivity index (χ0v) is 11.2. The molecule has 0 bridgehead atoms. The largest absolute Gasteiger partial charge is 0.496 e. The van der Waals surface area contributed by atoms with Crippen LogP contribution in [0.3, 0.4) is 0 Å². The van der Waals surface area contributed by atoms with Crippen molar-refractivity contribution in [3.8, 4) is 17.6 Å². The molecule has 0 radical (unpaired) electrons. The monoisotopic (exact) mass is 261 g/mol. The Hall–Kier alpha value is -1.54. The van der Waals surface area contributed by atoms with Gasteiger partial charge in [0.2, 0.25) is 0 Å². The minimum atomic E-state index is -0.120. The summed E-state index contributed by atoms with van der Waals surface area (Å²) in [7, 11) is 1.68. The average molecular weight is 261 g/mol. The normalized spacial score (nSPS) is 15.7. The number of methoxy groups -OCH3 is 1. The Morgan fingerprint density at radius 1 is 1.37 bits per heavy atom. The third-order valence-corrected chi connectivity index (χ3v) is 3.09.